The van der Waals surface area contributed by atoms with Crippen LogP contribution in [-0.4, -0.2) is 18.0 Å². The van der Waals surface area contributed by atoms with E-state index in [1.54, 1.807) is 6.07 Å². The lowest BCUT2D eigenvalue weighted by Gasteiger charge is -2.10. The number of hydrogen-bond acceptors (Lipinski definition) is 5. The Hall–Kier alpha value is -2.12. The Morgan fingerprint density at radius 3 is 2.59 bits per heavy atom. The summed E-state index contributed by atoms with van der Waals surface area (Å²) in [5.74, 6) is -0.604. The summed E-state index contributed by atoms with van der Waals surface area (Å²) in [5, 5.41) is 11.0. The number of carbonyl (C=O) groups excluding carboxylic acids is 1. The summed E-state index contributed by atoms with van der Waals surface area (Å²) in [5.41, 5.74) is -0.0893. The van der Waals surface area contributed by atoms with Gasteiger partial charge in [-0.2, -0.15) is 0 Å². The average molecular weight is 387 g/mol. The minimum absolute atomic E-state index is 0.0576. The van der Waals surface area contributed by atoms with Crippen LogP contribution in [0.2, 0.25) is 5.02 Å². The number of nitrogens with zero attached hydrogens (tertiary/aromatic N) is 1. The maximum absolute atomic E-state index is 12.2. The summed E-state index contributed by atoms with van der Waals surface area (Å²) < 4.78 is 10.9. The topological polar surface area (TPSA) is 78.7 Å². The quantitative estimate of drug-likeness (QED) is 0.340. The van der Waals surface area contributed by atoms with Crippen LogP contribution in [0.25, 0.3) is 0 Å². The number of ether oxygens (including phenoxy) is 2. The van der Waals surface area contributed by atoms with Crippen LogP contribution in [0.4, 0.5) is 5.69 Å². The van der Waals surface area contributed by atoms with E-state index in [9.17, 15) is 14.9 Å². The lowest BCUT2D eigenvalue weighted by atomic mass is 10.2. The molecule has 0 unspecified atom stereocenters. The molecule has 0 amide bonds. The standard InChI is InChI=1S/C14H9BrClNO5/c1-21-12-5-3-9(17(19)20)7-13(12)22-14(18)10-6-8(15)2-4-11(10)16/h2-7H,1H3. The Labute approximate surface area is 138 Å². The molecule has 0 aromatic heterocycles. The second-order valence-electron chi connectivity index (χ2n) is 4.11. The molecule has 8 heteroatoms. The van der Waals surface area contributed by atoms with Gasteiger partial charge in [0.2, 0.25) is 0 Å². The van der Waals surface area contributed by atoms with Crippen LogP contribution >= 0.6 is 27.5 Å². The molecule has 2 rings (SSSR count). The van der Waals surface area contributed by atoms with Gasteiger partial charge in [0, 0.05) is 10.5 Å². The highest BCUT2D eigenvalue weighted by Crippen LogP contribution is 2.32. The van der Waals surface area contributed by atoms with Gasteiger partial charge in [-0.3, -0.25) is 10.1 Å². The number of methoxy groups -OCH3 is 1. The van der Waals surface area contributed by atoms with Crippen molar-refractivity contribution in [3.8, 4) is 11.5 Å². The molecule has 0 saturated heterocycles. The van der Waals surface area contributed by atoms with Crippen molar-refractivity contribution in [3.63, 3.8) is 0 Å². The number of halogens is 2. The fourth-order valence-electron chi connectivity index (χ4n) is 1.67. The first-order valence-corrected chi connectivity index (χ1v) is 7.09. The highest BCUT2D eigenvalue weighted by molar-refractivity contribution is 9.10. The van der Waals surface area contributed by atoms with Gasteiger partial charge in [-0.05, 0) is 24.3 Å². The molecule has 2 aromatic rings. The molecule has 2 aromatic carbocycles. The van der Waals surface area contributed by atoms with Gasteiger partial charge in [-0.15, -0.1) is 0 Å². The molecule has 0 N–H and O–H groups in total. The minimum atomic E-state index is -0.745. The van der Waals surface area contributed by atoms with Crippen LogP contribution in [0.5, 0.6) is 11.5 Å². The van der Waals surface area contributed by atoms with Gasteiger partial charge >= 0.3 is 5.97 Å². The van der Waals surface area contributed by atoms with Gasteiger partial charge in [0.05, 0.1) is 28.7 Å². The lowest BCUT2D eigenvalue weighted by Crippen LogP contribution is -2.10. The zero-order chi connectivity index (χ0) is 16.3. The Bertz CT molecular complexity index is 750. The molecule has 0 saturated carbocycles. The summed E-state index contributed by atoms with van der Waals surface area (Å²) in [7, 11) is 1.37. The number of nitro benzene ring substituents is 1. The van der Waals surface area contributed by atoms with E-state index in [4.69, 9.17) is 21.1 Å². The number of benzene rings is 2. The maximum atomic E-state index is 12.2. The van der Waals surface area contributed by atoms with E-state index in [1.807, 2.05) is 0 Å². The van der Waals surface area contributed by atoms with Crippen LogP contribution < -0.4 is 9.47 Å². The number of esters is 1. The molecular weight excluding hydrogens is 378 g/mol. The zero-order valence-corrected chi connectivity index (χ0v) is 13.6. The Kier molecular flexibility index (Phi) is 4.99. The molecule has 114 valence electrons. The SMILES string of the molecule is COc1ccc([N+](=O)[O-])cc1OC(=O)c1cc(Br)ccc1Cl. The Morgan fingerprint density at radius 1 is 1.23 bits per heavy atom. The largest absolute Gasteiger partial charge is 0.493 e. The number of hydrogen-bond donors (Lipinski definition) is 0. The number of rotatable bonds is 4. The minimum Gasteiger partial charge on any atom is -0.493 e. The van der Waals surface area contributed by atoms with Crippen molar-refractivity contribution >= 4 is 39.2 Å². The van der Waals surface area contributed by atoms with E-state index < -0.39 is 10.9 Å². The van der Waals surface area contributed by atoms with Crippen molar-refractivity contribution in [2.24, 2.45) is 0 Å². The maximum Gasteiger partial charge on any atom is 0.345 e. The highest BCUT2D eigenvalue weighted by atomic mass is 79.9. The van der Waals surface area contributed by atoms with E-state index >= 15 is 0 Å². The number of carbonyl (C=O) groups is 1. The smallest absolute Gasteiger partial charge is 0.345 e. The molecular formula is C14H9BrClNO5. The third-order valence-corrected chi connectivity index (χ3v) is 3.53. The molecule has 0 heterocycles. The second-order valence-corrected chi connectivity index (χ2v) is 5.43. The fraction of sp³-hybridized carbons (Fsp3) is 0.0714. The normalized spacial score (nSPS) is 10.1. The number of non-ortho nitro benzene ring substituents is 1. The van der Waals surface area contributed by atoms with Crippen molar-refractivity contribution < 1.29 is 19.2 Å². The van der Waals surface area contributed by atoms with E-state index in [0.717, 1.165) is 6.07 Å². The van der Waals surface area contributed by atoms with Gasteiger partial charge in [0.25, 0.3) is 5.69 Å². The first kappa shape index (κ1) is 16.3. The molecule has 0 spiro atoms. The monoisotopic (exact) mass is 385 g/mol. The molecule has 0 fully saturated rings. The molecule has 0 bridgehead atoms. The van der Waals surface area contributed by atoms with E-state index in [2.05, 4.69) is 15.9 Å². The molecule has 0 aliphatic rings. The van der Waals surface area contributed by atoms with Crippen molar-refractivity contribution in [2.45, 2.75) is 0 Å². The van der Waals surface area contributed by atoms with Gasteiger partial charge < -0.3 is 9.47 Å². The van der Waals surface area contributed by atoms with Gasteiger partial charge in [0.1, 0.15) is 0 Å². The summed E-state index contributed by atoms with van der Waals surface area (Å²) in [6, 6.07) is 8.42. The number of nitro groups is 1. The first-order valence-electron chi connectivity index (χ1n) is 5.92. The Morgan fingerprint density at radius 2 is 1.95 bits per heavy atom. The first-order chi connectivity index (χ1) is 10.4. The zero-order valence-electron chi connectivity index (χ0n) is 11.2. The Balaban J connectivity index is 2.36. The van der Waals surface area contributed by atoms with Crippen LogP contribution in [0.15, 0.2) is 40.9 Å². The summed E-state index contributed by atoms with van der Waals surface area (Å²) >= 11 is 9.18. The van der Waals surface area contributed by atoms with Crippen LogP contribution in [0.3, 0.4) is 0 Å². The molecule has 0 radical (unpaired) electrons. The second kappa shape index (κ2) is 6.76. The lowest BCUT2D eigenvalue weighted by molar-refractivity contribution is -0.384. The average Bonchev–Trinajstić information content (AvgIpc) is 2.49. The third kappa shape index (κ3) is 3.55. The van der Waals surface area contributed by atoms with Gasteiger partial charge in [-0.1, -0.05) is 27.5 Å². The van der Waals surface area contributed by atoms with Crippen molar-refractivity contribution in [1.29, 1.82) is 0 Å². The summed E-state index contributed by atoms with van der Waals surface area (Å²) in [6.07, 6.45) is 0. The van der Waals surface area contributed by atoms with E-state index in [-0.39, 0.29) is 27.8 Å². The molecule has 6 nitrogen and oxygen atoms in total. The molecule has 0 atom stereocenters. The van der Waals surface area contributed by atoms with Crippen molar-refractivity contribution in [3.05, 3.63) is 61.6 Å². The summed E-state index contributed by atoms with van der Waals surface area (Å²) in [4.78, 5) is 22.4. The third-order valence-electron chi connectivity index (χ3n) is 2.71. The van der Waals surface area contributed by atoms with Crippen LogP contribution in [-0.2, 0) is 0 Å². The molecule has 0 aliphatic heterocycles. The van der Waals surface area contributed by atoms with Crippen molar-refractivity contribution in [2.75, 3.05) is 7.11 Å². The molecule has 22 heavy (non-hydrogen) atoms. The van der Waals surface area contributed by atoms with E-state index in [1.165, 1.54) is 31.4 Å². The van der Waals surface area contributed by atoms with Gasteiger partial charge in [-0.25, -0.2) is 4.79 Å². The predicted molar refractivity (Wildman–Crippen MR) is 83.8 cm³/mol. The van der Waals surface area contributed by atoms with E-state index in [0.29, 0.717) is 4.47 Å². The fourth-order valence-corrected chi connectivity index (χ4v) is 2.22. The van der Waals surface area contributed by atoms with Crippen LogP contribution in [0, 0.1) is 10.1 Å². The predicted octanol–water partition coefficient (Wildman–Crippen LogP) is 4.24. The van der Waals surface area contributed by atoms with Crippen LogP contribution in [0.1, 0.15) is 10.4 Å². The van der Waals surface area contributed by atoms with Gasteiger partial charge in [0.15, 0.2) is 11.5 Å². The highest BCUT2D eigenvalue weighted by Gasteiger charge is 2.18. The summed E-state index contributed by atoms with van der Waals surface area (Å²) in [6.45, 7) is 0. The van der Waals surface area contributed by atoms with Crippen molar-refractivity contribution in [1.82, 2.24) is 0 Å². The molecule has 0 aliphatic carbocycles.